The fourth-order valence-corrected chi connectivity index (χ4v) is 2.58. The van der Waals surface area contributed by atoms with Crippen molar-refractivity contribution in [2.75, 3.05) is 6.54 Å². The van der Waals surface area contributed by atoms with E-state index in [2.05, 4.69) is 10.3 Å². The molecule has 0 aliphatic carbocycles. The van der Waals surface area contributed by atoms with Gasteiger partial charge in [-0.05, 0) is 24.3 Å². The van der Waals surface area contributed by atoms with Gasteiger partial charge in [-0.2, -0.15) is 26.3 Å². The number of aromatic nitrogens is 1. The topological polar surface area (TPSA) is 42.0 Å². The molecule has 0 spiro atoms. The third-order valence-electron chi connectivity index (χ3n) is 3.42. The number of benzene rings is 1. The fourth-order valence-electron chi connectivity index (χ4n) is 2.15. The van der Waals surface area contributed by atoms with Crippen molar-refractivity contribution < 1.29 is 31.1 Å². The number of rotatable bonds is 4. The molecule has 1 aromatic carbocycles. The first-order valence-electron chi connectivity index (χ1n) is 7.26. The van der Waals surface area contributed by atoms with E-state index in [0.29, 0.717) is 18.3 Å². The van der Waals surface area contributed by atoms with Crippen LogP contribution in [0.25, 0.3) is 0 Å². The van der Waals surface area contributed by atoms with Gasteiger partial charge in [0.2, 0.25) is 0 Å². The van der Waals surface area contributed by atoms with Crippen LogP contribution in [0.3, 0.4) is 0 Å². The maximum atomic E-state index is 13.0. The highest BCUT2D eigenvalue weighted by Crippen LogP contribution is 2.33. The first-order chi connectivity index (χ1) is 12.4. The summed E-state index contributed by atoms with van der Waals surface area (Å²) in [7, 11) is 0. The Labute approximate surface area is 159 Å². The van der Waals surface area contributed by atoms with Gasteiger partial charge >= 0.3 is 12.4 Å². The van der Waals surface area contributed by atoms with Crippen molar-refractivity contribution in [3.8, 4) is 0 Å². The first-order valence-corrected chi connectivity index (χ1v) is 8.01. The molecule has 146 valence electrons. The Morgan fingerprint density at radius 3 is 2.26 bits per heavy atom. The van der Waals surface area contributed by atoms with E-state index >= 15 is 0 Å². The van der Waals surface area contributed by atoms with Gasteiger partial charge < -0.3 is 5.32 Å². The van der Waals surface area contributed by atoms with E-state index in [9.17, 15) is 31.1 Å². The predicted octanol–water partition coefficient (Wildman–Crippen LogP) is 5.40. The van der Waals surface area contributed by atoms with Crippen LogP contribution in [-0.2, 0) is 18.8 Å². The molecule has 0 aliphatic heterocycles. The van der Waals surface area contributed by atoms with E-state index in [1.54, 1.807) is 0 Å². The molecule has 1 heterocycles. The zero-order valence-electron chi connectivity index (χ0n) is 13.2. The summed E-state index contributed by atoms with van der Waals surface area (Å²) >= 11 is 11.4. The molecule has 2 rings (SSSR count). The Morgan fingerprint density at radius 2 is 1.70 bits per heavy atom. The molecule has 0 aliphatic rings. The van der Waals surface area contributed by atoms with Gasteiger partial charge in [0.1, 0.15) is 0 Å². The number of hydrogen-bond donors (Lipinski definition) is 1. The highest BCUT2D eigenvalue weighted by atomic mass is 35.5. The SMILES string of the molecule is O=C(NCCc1ncc(C(F)(F)F)cc1Cl)c1cc(Cl)ccc1C(F)(F)F. The van der Waals surface area contributed by atoms with Crippen molar-refractivity contribution >= 4 is 29.1 Å². The molecule has 2 aromatic rings. The van der Waals surface area contributed by atoms with Gasteiger partial charge in [-0.1, -0.05) is 23.2 Å². The molecule has 0 saturated heterocycles. The summed E-state index contributed by atoms with van der Waals surface area (Å²) in [5.41, 5.74) is -2.79. The monoisotopic (exact) mass is 430 g/mol. The van der Waals surface area contributed by atoms with Gasteiger partial charge in [-0.15, -0.1) is 0 Å². The Morgan fingerprint density at radius 1 is 1.04 bits per heavy atom. The van der Waals surface area contributed by atoms with E-state index in [1.807, 2.05) is 0 Å². The minimum absolute atomic E-state index is 0.0550. The van der Waals surface area contributed by atoms with Crippen LogP contribution in [0.5, 0.6) is 0 Å². The number of nitrogens with one attached hydrogen (secondary N) is 1. The summed E-state index contributed by atoms with van der Waals surface area (Å²) in [6.45, 7) is -0.194. The quantitative estimate of drug-likeness (QED) is 0.659. The molecule has 1 N–H and O–H groups in total. The third-order valence-corrected chi connectivity index (χ3v) is 3.99. The number of nitrogens with zero attached hydrogens (tertiary/aromatic N) is 1. The maximum absolute atomic E-state index is 13.0. The second-order valence-corrected chi connectivity index (χ2v) is 6.19. The van der Waals surface area contributed by atoms with E-state index in [0.717, 1.165) is 12.1 Å². The molecular weight excluding hydrogens is 421 g/mol. The molecule has 0 bridgehead atoms. The van der Waals surface area contributed by atoms with E-state index < -0.39 is 35.0 Å². The standard InChI is InChI=1S/C16H10Cl2F6N2O/c17-9-1-2-11(16(22,23)24)10(6-9)14(27)25-4-3-13-12(18)5-8(7-26-13)15(19,20)21/h1-2,5-7H,3-4H2,(H,25,27). The van der Waals surface area contributed by atoms with Gasteiger partial charge in [0.15, 0.2) is 0 Å². The molecule has 1 amide bonds. The Bertz CT molecular complexity index is 852. The molecule has 0 atom stereocenters. The van der Waals surface area contributed by atoms with E-state index in [-0.39, 0.29) is 28.7 Å². The van der Waals surface area contributed by atoms with Crippen LogP contribution in [0, 0.1) is 0 Å². The Hall–Kier alpha value is -2.00. The molecule has 1 aromatic heterocycles. The van der Waals surface area contributed by atoms with Crippen LogP contribution in [0.1, 0.15) is 27.2 Å². The smallest absolute Gasteiger partial charge is 0.352 e. The Balaban J connectivity index is 2.08. The van der Waals surface area contributed by atoms with Crippen molar-refractivity contribution in [1.29, 1.82) is 0 Å². The number of pyridine rings is 1. The molecule has 0 unspecified atom stereocenters. The zero-order valence-corrected chi connectivity index (χ0v) is 14.7. The van der Waals surface area contributed by atoms with Gasteiger partial charge in [0, 0.05) is 24.2 Å². The largest absolute Gasteiger partial charge is 0.417 e. The summed E-state index contributed by atoms with van der Waals surface area (Å²) in [6.07, 6.45) is -8.86. The van der Waals surface area contributed by atoms with Crippen molar-refractivity contribution in [1.82, 2.24) is 10.3 Å². The molecule has 0 saturated carbocycles. The number of carbonyl (C=O) groups is 1. The van der Waals surface area contributed by atoms with Crippen LogP contribution < -0.4 is 5.32 Å². The lowest BCUT2D eigenvalue weighted by atomic mass is 10.1. The maximum Gasteiger partial charge on any atom is 0.417 e. The second-order valence-electron chi connectivity index (χ2n) is 5.34. The van der Waals surface area contributed by atoms with Crippen molar-refractivity contribution in [2.45, 2.75) is 18.8 Å². The third kappa shape index (κ3) is 5.49. The lowest BCUT2D eigenvalue weighted by Gasteiger charge is -2.13. The van der Waals surface area contributed by atoms with Gasteiger partial charge in [0.25, 0.3) is 5.91 Å². The molecule has 0 radical (unpaired) electrons. The summed E-state index contributed by atoms with van der Waals surface area (Å²) in [5.74, 6) is -1.03. The average Bonchev–Trinajstić information content (AvgIpc) is 2.54. The summed E-state index contributed by atoms with van der Waals surface area (Å²) in [4.78, 5) is 15.6. The van der Waals surface area contributed by atoms with Crippen molar-refractivity contribution in [2.24, 2.45) is 0 Å². The zero-order chi connectivity index (χ0) is 20.4. The summed E-state index contributed by atoms with van der Waals surface area (Å²) < 4.78 is 76.6. The highest BCUT2D eigenvalue weighted by molar-refractivity contribution is 6.31. The number of halogens is 8. The number of hydrogen-bond acceptors (Lipinski definition) is 2. The molecule has 3 nitrogen and oxygen atoms in total. The van der Waals surface area contributed by atoms with E-state index in [4.69, 9.17) is 23.2 Å². The number of amides is 1. The van der Waals surface area contributed by atoms with Crippen molar-refractivity contribution in [3.63, 3.8) is 0 Å². The minimum Gasteiger partial charge on any atom is -0.352 e. The van der Waals surface area contributed by atoms with Crippen LogP contribution in [0.4, 0.5) is 26.3 Å². The lowest BCUT2D eigenvalue weighted by Crippen LogP contribution is -2.28. The summed E-state index contributed by atoms with van der Waals surface area (Å²) in [6, 6.07) is 3.26. The van der Waals surface area contributed by atoms with Crippen LogP contribution in [0.2, 0.25) is 10.0 Å². The number of alkyl halides is 6. The minimum atomic E-state index is -4.75. The molecule has 0 fully saturated rings. The average molecular weight is 431 g/mol. The van der Waals surface area contributed by atoms with E-state index in [1.165, 1.54) is 0 Å². The fraction of sp³-hybridized carbons (Fsp3) is 0.250. The molecule has 11 heteroatoms. The normalized spacial score (nSPS) is 12.1. The number of carbonyl (C=O) groups excluding carboxylic acids is 1. The first kappa shape index (κ1) is 21.3. The molecular formula is C16H10Cl2F6N2O. The van der Waals surface area contributed by atoms with Gasteiger partial charge in [-0.25, -0.2) is 0 Å². The predicted molar refractivity (Wildman–Crippen MR) is 86.7 cm³/mol. The van der Waals surface area contributed by atoms with Gasteiger partial charge in [0.05, 0.1) is 27.4 Å². The van der Waals surface area contributed by atoms with Gasteiger partial charge in [-0.3, -0.25) is 9.78 Å². The van der Waals surface area contributed by atoms with Crippen molar-refractivity contribution in [3.05, 3.63) is 62.9 Å². The van der Waals surface area contributed by atoms with Crippen LogP contribution >= 0.6 is 23.2 Å². The van der Waals surface area contributed by atoms with Crippen LogP contribution in [0.15, 0.2) is 30.5 Å². The Kier molecular flexibility index (Phi) is 6.26. The molecule has 27 heavy (non-hydrogen) atoms. The summed E-state index contributed by atoms with van der Waals surface area (Å²) in [5, 5.41) is 1.92. The second kappa shape index (κ2) is 7.93. The lowest BCUT2D eigenvalue weighted by molar-refractivity contribution is -0.138. The van der Waals surface area contributed by atoms with Crippen LogP contribution in [-0.4, -0.2) is 17.4 Å². The highest BCUT2D eigenvalue weighted by Gasteiger charge is 2.35.